The number of sulfonamides is 1. The molecule has 1 aliphatic heterocycles. The fourth-order valence-electron chi connectivity index (χ4n) is 2.78. The van der Waals surface area contributed by atoms with Crippen LogP contribution < -0.4 is 5.32 Å². The van der Waals surface area contributed by atoms with Crippen molar-refractivity contribution in [3.05, 3.63) is 28.7 Å². The van der Waals surface area contributed by atoms with Crippen molar-refractivity contribution in [1.82, 2.24) is 9.62 Å². The number of rotatable bonds is 6. The summed E-state index contributed by atoms with van der Waals surface area (Å²) in [4.78, 5) is 12.6. The second-order valence-corrected chi connectivity index (χ2v) is 8.87. The summed E-state index contributed by atoms with van der Waals surface area (Å²) >= 11 is 3.30. The third-order valence-corrected chi connectivity index (χ3v) is 6.42. The van der Waals surface area contributed by atoms with Crippen LogP contribution in [-0.2, 0) is 19.6 Å². The second kappa shape index (κ2) is 8.42. The molecule has 1 N–H and O–H groups in total. The van der Waals surface area contributed by atoms with Crippen LogP contribution in [0.15, 0.2) is 33.6 Å². The summed E-state index contributed by atoms with van der Waals surface area (Å²) in [6.07, 6.45) is 1.37. The number of carbonyl (C=O) groups excluding carboxylic acids is 1. The van der Waals surface area contributed by atoms with E-state index in [1.807, 2.05) is 6.92 Å². The maximum absolute atomic E-state index is 12.8. The highest BCUT2D eigenvalue weighted by Crippen LogP contribution is 2.25. The quantitative estimate of drug-likeness (QED) is 0.766. The Hall–Kier alpha value is -0.960. The summed E-state index contributed by atoms with van der Waals surface area (Å²) in [6, 6.07) is 6.45. The van der Waals surface area contributed by atoms with Crippen molar-refractivity contribution in [2.75, 3.05) is 26.8 Å². The molecule has 8 heteroatoms. The molecule has 1 heterocycles. The predicted octanol–water partition coefficient (Wildman–Crippen LogP) is 2.00. The van der Waals surface area contributed by atoms with E-state index in [2.05, 4.69) is 21.2 Å². The highest BCUT2D eigenvalue weighted by molar-refractivity contribution is 9.10. The number of amides is 1. The van der Waals surface area contributed by atoms with Crippen molar-refractivity contribution in [1.29, 1.82) is 0 Å². The van der Waals surface area contributed by atoms with Gasteiger partial charge in [-0.1, -0.05) is 15.9 Å². The van der Waals surface area contributed by atoms with Crippen molar-refractivity contribution in [3.8, 4) is 0 Å². The molecule has 134 valence electrons. The first kappa shape index (κ1) is 19.4. The molecule has 0 spiro atoms. The monoisotopic (exact) mass is 418 g/mol. The molecule has 2 rings (SSSR count). The molecule has 1 saturated heterocycles. The zero-order valence-electron chi connectivity index (χ0n) is 13.9. The van der Waals surface area contributed by atoms with E-state index in [0.29, 0.717) is 26.0 Å². The van der Waals surface area contributed by atoms with Gasteiger partial charge in [-0.15, -0.1) is 0 Å². The van der Waals surface area contributed by atoms with Gasteiger partial charge < -0.3 is 10.1 Å². The van der Waals surface area contributed by atoms with Crippen LogP contribution in [0, 0.1) is 5.92 Å². The van der Waals surface area contributed by atoms with Gasteiger partial charge in [0.1, 0.15) is 0 Å². The Morgan fingerprint density at radius 1 is 1.42 bits per heavy atom. The van der Waals surface area contributed by atoms with E-state index >= 15 is 0 Å². The first-order valence-corrected chi connectivity index (χ1v) is 10.1. The van der Waals surface area contributed by atoms with E-state index in [0.717, 1.165) is 4.47 Å². The number of hydrogen-bond donors (Lipinski definition) is 1. The summed E-state index contributed by atoms with van der Waals surface area (Å²) in [7, 11) is -2.00. The van der Waals surface area contributed by atoms with Gasteiger partial charge in [-0.2, -0.15) is 4.31 Å². The van der Waals surface area contributed by atoms with Crippen LogP contribution >= 0.6 is 15.9 Å². The Kier molecular flexibility index (Phi) is 6.79. The maximum atomic E-state index is 12.8. The van der Waals surface area contributed by atoms with Crippen molar-refractivity contribution in [2.24, 2.45) is 5.92 Å². The van der Waals surface area contributed by atoms with Gasteiger partial charge in [0.25, 0.3) is 0 Å². The van der Waals surface area contributed by atoms with Crippen LogP contribution in [0.25, 0.3) is 0 Å². The SMILES string of the molecule is COC[C@@H](C)NC(=O)[C@@H]1CCCN(S(=O)(=O)c2ccc(Br)cc2)C1. The number of nitrogens with zero attached hydrogens (tertiary/aromatic N) is 1. The Bertz CT molecular complexity index is 663. The molecule has 1 fully saturated rings. The molecule has 1 aromatic carbocycles. The van der Waals surface area contributed by atoms with Gasteiger partial charge >= 0.3 is 0 Å². The summed E-state index contributed by atoms with van der Waals surface area (Å²) in [6.45, 7) is 2.94. The van der Waals surface area contributed by atoms with Crippen LogP contribution in [0.3, 0.4) is 0 Å². The molecule has 0 aliphatic carbocycles. The molecule has 0 unspecified atom stereocenters. The van der Waals surface area contributed by atoms with Crippen LogP contribution in [0.4, 0.5) is 0 Å². The number of hydrogen-bond acceptors (Lipinski definition) is 4. The van der Waals surface area contributed by atoms with Gasteiger partial charge in [0.05, 0.1) is 17.4 Å². The Balaban J connectivity index is 2.07. The van der Waals surface area contributed by atoms with E-state index in [1.54, 1.807) is 31.4 Å². The standard InChI is InChI=1S/C16H23BrN2O4S/c1-12(11-23-2)18-16(20)13-4-3-9-19(10-13)24(21,22)15-7-5-14(17)6-8-15/h5-8,12-13H,3-4,9-11H2,1-2H3,(H,18,20)/t12-,13-/m1/s1. The van der Waals surface area contributed by atoms with Gasteiger partial charge in [-0.3, -0.25) is 4.79 Å². The minimum Gasteiger partial charge on any atom is -0.383 e. The molecule has 24 heavy (non-hydrogen) atoms. The number of carbonyl (C=O) groups is 1. The third kappa shape index (κ3) is 4.78. The summed E-state index contributed by atoms with van der Waals surface area (Å²) in [5.74, 6) is -0.446. The largest absolute Gasteiger partial charge is 0.383 e. The van der Waals surface area contributed by atoms with Crippen LogP contribution in [0.2, 0.25) is 0 Å². The molecule has 1 aliphatic rings. The van der Waals surface area contributed by atoms with Gasteiger partial charge in [0, 0.05) is 30.7 Å². The van der Waals surface area contributed by atoms with Crippen LogP contribution in [0.5, 0.6) is 0 Å². The highest BCUT2D eigenvalue weighted by atomic mass is 79.9. The zero-order valence-corrected chi connectivity index (χ0v) is 16.3. The van der Waals surface area contributed by atoms with E-state index in [9.17, 15) is 13.2 Å². The number of benzene rings is 1. The van der Waals surface area contributed by atoms with Crippen molar-refractivity contribution in [3.63, 3.8) is 0 Å². The van der Waals surface area contributed by atoms with E-state index in [1.165, 1.54) is 4.31 Å². The summed E-state index contributed by atoms with van der Waals surface area (Å²) in [5.41, 5.74) is 0. The van der Waals surface area contributed by atoms with E-state index < -0.39 is 10.0 Å². The fraction of sp³-hybridized carbons (Fsp3) is 0.562. The minimum absolute atomic E-state index is 0.0963. The summed E-state index contributed by atoms with van der Waals surface area (Å²) in [5, 5.41) is 2.88. The molecule has 0 bridgehead atoms. The normalized spacial score (nSPS) is 20.5. The molecule has 2 atom stereocenters. The van der Waals surface area contributed by atoms with Crippen LogP contribution in [-0.4, -0.2) is 51.5 Å². The third-order valence-electron chi connectivity index (χ3n) is 4.01. The molecular formula is C16H23BrN2O4S. The number of methoxy groups -OCH3 is 1. The second-order valence-electron chi connectivity index (χ2n) is 6.02. The van der Waals surface area contributed by atoms with Gasteiger partial charge in [-0.25, -0.2) is 8.42 Å². The highest BCUT2D eigenvalue weighted by Gasteiger charge is 2.33. The Morgan fingerprint density at radius 3 is 2.71 bits per heavy atom. The minimum atomic E-state index is -3.58. The Morgan fingerprint density at radius 2 is 2.08 bits per heavy atom. The maximum Gasteiger partial charge on any atom is 0.243 e. The number of ether oxygens (including phenoxy) is 1. The lowest BCUT2D eigenvalue weighted by Crippen LogP contribution is -2.47. The summed E-state index contributed by atoms with van der Waals surface area (Å²) < 4.78 is 32.7. The van der Waals surface area contributed by atoms with E-state index in [-0.39, 0.29) is 29.3 Å². The molecule has 0 aromatic heterocycles. The van der Waals surface area contributed by atoms with Crippen molar-refractivity contribution >= 4 is 31.9 Å². The molecule has 1 amide bonds. The number of nitrogens with one attached hydrogen (secondary N) is 1. The zero-order chi connectivity index (χ0) is 17.7. The average molecular weight is 419 g/mol. The van der Waals surface area contributed by atoms with E-state index in [4.69, 9.17) is 4.74 Å². The lowest BCUT2D eigenvalue weighted by atomic mass is 9.98. The number of piperidine rings is 1. The molecule has 6 nitrogen and oxygen atoms in total. The number of halogens is 1. The molecular weight excluding hydrogens is 396 g/mol. The predicted molar refractivity (Wildman–Crippen MR) is 95.1 cm³/mol. The van der Waals surface area contributed by atoms with Crippen molar-refractivity contribution in [2.45, 2.75) is 30.7 Å². The average Bonchev–Trinajstić information content (AvgIpc) is 2.55. The molecule has 0 radical (unpaired) electrons. The van der Waals surface area contributed by atoms with Crippen LogP contribution in [0.1, 0.15) is 19.8 Å². The Labute approximate surface area is 151 Å². The van der Waals surface area contributed by atoms with Gasteiger partial charge in [-0.05, 0) is 44.0 Å². The van der Waals surface area contributed by atoms with Crippen molar-refractivity contribution < 1.29 is 17.9 Å². The lowest BCUT2D eigenvalue weighted by Gasteiger charge is -2.31. The lowest BCUT2D eigenvalue weighted by molar-refractivity contribution is -0.127. The molecule has 0 saturated carbocycles. The first-order chi connectivity index (χ1) is 11.3. The van der Waals surface area contributed by atoms with Gasteiger partial charge in [0.2, 0.25) is 15.9 Å². The fourth-order valence-corrected chi connectivity index (χ4v) is 4.57. The van der Waals surface area contributed by atoms with Gasteiger partial charge in [0.15, 0.2) is 0 Å². The first-order valence-electron chi connectivity index (χ1n) is 7.89. The smallest absolute Gasteiger partial charge is 0.243 e. The topological polar surface area (TPSA) is 75.7 Å². The molecule has 1 aromatic rings.